The van der Waals surface area contributed by atoms with Crippen molar-refractivity contribution in [3.63, 3.8) is 0 Å². The van der Waals surface area contributed by atoms with E-state index in [2.05, 4.69) is 22.0 Å². The molecule has 0 heterocycles. The second-order valence-corrected chi connectivity index (χ2v) is 5.83. The van der Waals surface area contributed by atoms with Crippen LogP contribution in [0.3, 0.4) is 0 Å². The van der Waals surface area contributed by atoms with Crippen LogP contribution >= 0.6 is 0 Å². The van der Waals surface area contributed by atoms with Gasteiger partial charge in [-0.15, -0.1) is 0 Å². The molecule has 1 aromatic rings. The standard InChI is InChI=1S/C18H23N3O3/c1-13(22)20-15-8-5-9-16(12-15)21-18(24)17(23)19-11-10-14-6-3-2-4-7-14/h5-6,8-9,12H,2-4,7,10-11H2,1H3,(H,19,23)(H,20,22)(H,21,24). The summed E-state index contributed by atoms with van der Waals surface area (Å²) in [5.74, 6) is -1.57. The van der Waals surface area contributed by atoms with Gasteiger partial charge in [0, 0.05) is 24.8 Å². The van der Waals surface area contributed by atoms with Gasteiger partial charge in [0.25, 0.3) is 0 Å². The van der Waals surface area contributed by atoms with Gasteiger partial charge in [-0.25, -0.2) is 0 Å². The molecule has 1 aromatic carbocycles. The average molecular weight is 329 g/mol. The van der Waals surface area contributed by atoms with Crippen molar-refractivity contribution in [2.45, 2.75) is 39.0 Å². The summed E-state index contributed by atoms with van der Waals surface area (Å²) in [7, 11) is 0. The Kier molecular flexibility index (Phi) is 6.54. The van der Waals surface area contributed by atoms with Crippen LogP contribution in [0.5, 0.6) is 0 Å². The molecule has 0 atom stereocenters. The van der Waals surface area contributed by atoms with Gasteiger partial charge < -0.3 is 16.0 Å². The summed E-state index contributed by atoms with van der Waals surface area (Å²) in [4.78, 5) is 34.8. The molecule has 0 aromatic heterocycles. The highest BCUT2D eigenvalue weighted by molar-refractivity contribution is 6.39. The number of benzene rings is 1. The predicted octanol–water partition coefficient (Wildman–Crippen LogP) is 2.59. The van der Waals surface area contributed by atoms with E-state index >= 15 is 0 Å². The zero-order chi connectivity index (χ0) is 17.4. The van der Waals surface area contributed by atoms with Crippen LogP contribution in [-0.2, 0) is 14.4 Å². The Bertz CT molecular complexity index is 653. The fraction of sp³-hybridized carbons (Fsp3) is 0.389. The van der Waals surface area contributed by atoms with Crippen LogP contribution < -0.4 is 16.0 Å². The van der Waals surface area contributed by atoms with Crippen molar-refractivity contribution >= 4 is 29.1 Å². The molecule has 0 saturated carbocycles. The van der Waals surface area contributed by atoms with Crippen LogP contribution in [0, 0.1) is 0 Å². The van der Waals surface area contributed by atoms with Crippen LogP contribution in [0.4, 0.5) is 11.4 Å². The molecular formula is C18H23N3O3. The molecule has 0 saturated heterocycles. The summed E-state index contributed by atoms with van der Waals surface area (Å²) in [5.41, 5.74) is 2.37. The SMILES string of the molecule is CC(=O)Nc1cccc(NC(=O)C(=O)NCCC2=CCCCC2)c1. The molecule has 2 rings (SSSR count). The summed E-state index contributed by atoms with van der Waals surface area (Å²) >= 11 is 0. The molecule has 0 unspecified atom stereocenters. The third-order valence-corrected chi connectivity index (χ3v) is 3.76. The Morgan fingerprint density at radius 3 is 2.46 bits per heavy atom. The number of amides is 3. The van der Waals surface area contributed by atoms with Gasteiger partial charge in [0.2, 0.25) is 5.91 Å². The Hall–Kier alpha value is -2.63. The minimum absolute atomic E-state index is 0.201. The molecule has 3 N–H and O–H groups in total. The number of allylic oxidation sites excluding steroid dienone is 1. The predicted molar refractivity (Wildman–Crippen MR) is 93.6 cm³/mol. The minimum atomic E-state index is -0.715. The fourth-order valence-corrected chi connectivity index (χ4v) is 2.61. The smallest absolute Gasteiger partial charge is 0.313 e. The highest BCUT2D eigenvalue weighted by Crippen LogP contribution is 2.19. The van der Waals surface area contributed by atoms with Gasteiger partial charge in [-0.1, -0.05) is 17.7 Å². The Morgan fingerprint density at radius 2 is 1.79 bits per heavy atom. The lowest BCUT2D eigenvalue weighted by atomic mass is 9.97. The first-order chi connectivity index (χ1) is 11.5. The monoisotopic (exact) mass is 329 g/mol. The van der Waals surface area contributed by atoms with Crippen molar-refractivity contribution in [2.75, 3.05) is 17.2 Å². The van der Waals surface area contributed by atoms with E-state index in [9.17, 15) is 14.4 Å². The van der Waals surface area contributed by atoms with Gasteiger partial charge in [-0.2, -0.15) is 0 Å². The summed E-state index contributed by atoms with van der Waals surface area (Å²) in [6.07, 6.45) is 7.63. The Morgan fingerprint density at radius 1 is 1.04 bits per heavy atom. The van der Waals surface area contributed by atoms with Gasteiger partial charge in [0.05, 0.1) is 0 Å². The Balaban J connectivity index is 1.79. The van der Waals surface area contributed by atoms with Crippen LogP contribution in [0.1, 0.15) is 39.0 Å². The van der Waals surface area contributed by atoms with E-state index in [1.54, 1.807) is 24.3 Å². The van der Waals surface area contributed by atoms with Crippen molar-refractivity contribution in [3.05, 3.63) is 35.9 Å². The summed E-state index contributed by atoms with van der Waals surface area (Å²) in [6.45, 7) is 1.87. The third-order valence-electron chi connectivity index (χ3n) is 3.76. The van der Waals surface area contributed by atoms with Crippen molar-refractivity contribution in [1.29, 1.82) is 0 Å². The summed E-state index contributed by atoms with van der Waals surface area (Å²) < 4.78 is 0. The van der Waals surface area contributed by atoms with Gasteiger partial charge in [-0.05, 0) is 50.3 Å². The number of hydrogen-bond donors (Lipinski definition) is 3. The first kappa shape index (κ1) is 17.7. The maximum atomic E-state index is 11.9. The largest absolute Gasteiger partial charge is 0.348 e. The van der Waals surface area contributed by atoms with E-state index in [1.165, 1.54) is 25.3 Å². The molecule has 0 spiro atoms. The van der Waals surface area contributed by atoms with Crippen molar-refractivity contribution in [1.82, 2.24) is 5.32 Å². The van der Waals surface area contributed by atoms with Gasteiger partial charge in [0.15, 0.2) is 0 Å². The van der Waals surface area contributed by atoms with E-state index < -0.39 is 11.8 Å². The highest BCUT2D eigenvalue weighted by Gasteiger charge is 2.14. The third kappa shape index (κ3) is 5.87. The van der Waals surface area contributed by atoms with Crippen molar-refractivity contribution in [2.24, 2.45) is 0 Å². The van der Waals surface area contributed by atoms with Gasteiger partial charge >= 0.3 is 11.8 Å². The van der Waals surface area contributed by atoms with Crippen LogP contribution in [0.2, 0.25) is 0 Å². The zero-order valence-corrected chi connectivity index (χ0v) is 13.9. The normalized spacial score (nSPS) is 13.6. The fourth-order valence-electron chi connectivity index (χ4n) is 2.61. The molecular weight excluding hydrogens is 306 g/mol. The molecule has 1 aliphatic rings. The number of carbonyl (C=O) groups excluding carboxylic acids is 3. The topological polar surface area (TPSA) is 87.3 Å². The first-order valence-electron chi connectivity index (χ1n) is 8.19. The van der Waals surface area contributed by atoms with E-state index in [0.29, 0.717) is 17.9 Å². The lowest BCUT2D eigenvalue weighted by Crippen LogP contribution is -2.36. The van der Waals surface area contributed by atoms with Crippen molar-refractivity contribution < 1.29 is 14.4 Å². The number of hydrogen-bond acceptors (Lipinski definition) is 3. The summed E-state index contributed by atoms with van der Waals surface area (Å²) in [5, 5.41) is 7.78. The van der Waals surface area contributed by atoms with Crippen LogP contribution in [0.25, 0.3) is 0 Å². The Labute approximate surface area is 141 Å². The molecule has 0 aliphatic heterocycles. The second kappa shape index (κ2) is 8.86. The molecule has 6 heteroatoms. The molecule has 0 radical (unpaired) electrons. The number of rotatable bonds is 5. The number of nitrogens with one attached hydrogen (secondary N) is 3. The van der Waals surface area contributed by atoms with E-state index in [0.717, 1.165) is 19.3 Å². The van der Waals surface area contributed by atoms with E-state index in [-0.39, 0.29) is 5.91 Å². The summed E-state index contributed by atoms with van der Waals surface area (Å²) in [6, 6.07) is 6.64. The minimum Gasteiger partial charge on any atom is -0.348 e. The van der Waals surface area contributed by atoms with Gasteiger partial charge in [-0.3, -0.25) is 14.4 Å². The lowest BCUT2D eigenvalue weighted by Gasteiger charge is -2.13. The van der Waals surface area contributed by atoms with E-state index in [4.69, 9.17) is 0 Å². The lowest BCUT2D eigenvalue weighted by molar-refractivity contribution is -0.136. The maximum Gasteiger partial charge on any atom is 0.313 e. The zero-order valence-electron chi connectivity index (χ0n) is 13.9. The molecule has 0 bridgehead atoms. The van der Waals surface area contributed by atoms with Gasteiger partial charge in [0.1, 0.15) is 0 Å². The molecule has 0 fully saturated rings. The molecule has 3 amide bonds. The average Bonchev–Trinajstić information content (AvgIpc) is 2.55. The van der Waals surface area contributed by atoms with Crippen LogP contribution in [0.15, 0.2) is 35.9 Å². The molecule has 24 heavy (non-hydrogen) atoms. The molecule has 128 valence electrons. The van der Waals surface area contributed by atoms with E-state index in [1.807, 2.05) is 0 Å². The van der Waals surface area contributed by atoms with Crippen LogP contribution in [-0.4, -0.2) is 24.3 Å². The highest BCUT2D eigenvalue weighted by atomic mass is 16.2. The second-order valence-electron chi connectivity index (χ2n) is 5.83. The maximum absolute atomic E-state index is 11.9. The number of carbonyl (C=O) groups is 3. The van der Waals surface area contributed by atoms with Crippen molar-refractivity contribution in [3.8, 4) is 0 Å². The first-order valence-corrected chi connectivity index (χ1v) is 8.19. The quantitative estimate of drug-likeness (QED) is 0.573. The number of anilines is 2. The molecule has 6 nitrogen and oxygen atoms in total. The molecule has 1 aliphatic carbocycles.